The zero-order chi connectivity index (χ0) is 16.4. The van der Waals surface area contributed by atoms with Gasteiger partial charge in [0.05, 0.1) is 23.1 Å². The summed E-state index contributed by atoms with van der Waals surface area (Å²) in [6.45, 7) is 0.505. The van der Waals surface area contributed by atoms with Gasteiger partial charge in [-0.3, -0.25) is 9.78 Å². The summed E-state index contributed by atoms with van der Waals surface area (Å²) >= 11 is 1.60. The summed E-state index contributed by atoms with van der Waals surface area (Å²) in [7, 11) is 0. The molecule has 0 atom stereocenters. The molecule has 2 N–H and O–H groups in total. The molecule has 0 aliphatic heterocycles. The second-order valence-corrected chi connectivity index (χ2v) is 6.15. The van der Waals surface area contributed by atoms with Gasteiger partial charge in [0.15, 0.2) is 0 Å². The molecule has 0 aliphatic carbocycles. The van der Waals surface area contributed by atoms with Crippen molar-refractivity contribution in [3.63, 3.8) is 0 Å². The number of H-pyrrole nitrogens is 1. The Hall–Kier alpha value is -2.99. The predicted octanol–water partition coefficient (Wildman–Crippen LogP) is 3.66. The summed E-state index contributed by atoms with van der Waals surface area (Å²) < 4.78 is 0. The molecule has 2 aromatic carbocycles. The van der Waals surface area contributed by atoms with Crippen molar-refractivity contribution in [2.45, 2.75) is 6.54 Å². The quantitative estimate of drug-likeness (QED) is 0.597. The zero-order valence-corrected chi connectivity index (χ0v) is 13.5. The molecule has 4 rings (SSSR count). The second kappa shape index (κ2) is 6.25. The Balaban J connectivity index is 1.53. The molecular formula is C18H14N4OS. The lowest BCUT2D eigenvalue weighted by Crippen LogP contribution is -2.13. The van der Waals surface area contributed by atoms with E-state index in [-0.39, 0.29) is 5.56 Å². The zero-order valence-electron chi connectivity index (χ0n) is 12.7. The first-order valence-corrected chi connectivity index (χ1v) is 8.40. The van der Waals surface area contributed by atoms with Gasteiger partial charge in [0.25, 0.3) is 5.56 Å². The van der Waals surface area contributed by atoms with Crippen LogP contribution in [0.15, 0.2) is 64.8 Å². The number of nitrogens with one attached hydrogen (secondary N) is 2. The van der Waals surface area contributed by atoms with E-state index in [0.29, 0.717) is 23.4 Å². The molecule has 24 heavy (non-hydrogen) atoms. The maximum absolute atomic E-state index is 12.1. The van der Waals surface area contributed by atoms with Crippen molar-refractivity contribution in [3.8, 4) is 10.6 Å². The Labute approximate surface area is 142 Å². The number of fused-ring (bicyclic) bond motifs is 1. The number of rotatable bonds is 4. The van der Waals surface area contributed by atoms with Gasteiger partial charge in [0.1, 0.15) is 5.01 Å². The highest BCUT2D eigenvalue weighted by molar-refractivity contribution is 7.13. The second-order valence-electron chi connectivity index (χ2n) is 5.30. The number of thiazole rings is 1. The molecule has 0 spiro atoms. The van der Waals surface area contributed by atoms with Crippen LogP contribution in [0.3, 0.4) is 0 Å². The van der Waals surface area contributed by atoms with E-state index in [1.54, 1.807) is 17.4 Å². The summed E-state index contributed by atoms with van der Waals surface area (Å²) in [5, 5.41) is 6.71. The van der Waals surface area contributed by atoms with Crippen molar-refractivity contribution in [2.24, 2.45) is 0 Å². The molecule has 0 unspecified atom stereocenters. The Morgan fingerprint density at radius 2 is 1.79 bits per heavy atom. The number of anilines is 1. The summed E-state index contributed by atoms with van der Waals surface area (Å²) in [6.07, 6.45) is 0. The Morgan fingerprint density at radius 3 is 2.67 bits per heavy atom. The molecule has 0 saturated carbocycles. The fourth-order valence-electron chi connectivity index (χ4n) is 2.45. The van der Waals surface area contributed by atoms with E-state index in [4.69, 9.17) is 0 Å². The summed E-state index contributed by atoms with van der Waals surface area (Å²) in [4.78, 5) is 23.8. The molecular weight excluding hydrogens is 320 g/mol. The number of hydrogen-bond acceptors (Lipinski definition) is 5. The number of para-hydroxylation sites is 1. The van der Waals surface area contributed by atoms with E-state index in [1.807, 2.05) is 53.9 Å². The van der Waals surface area contributed by atoms with Crippen LogP contribution in [0.2, 0.25) is 0 Å². The van der Waals surface area contributed by atoms with Gasteiger partial charge in [-0.1, -0.05) is 42.5 Å². The van der Waals surface area contributed by atoms with Crippen molar-refractivity contribution in [3.05, 3.63) is 76.0 Å². The minimum absolute atomic E-state index is 0.147. The van der Waals surface area contributed by atoms with Gasteiger partial charge in [-0.05, 0) is 12.1 Å². The minimum atomic E-state index is -0.147. The smallest absolute Gasteiger partial charge is 0.260 e. The maximum Gasteiger partial charge on any atom is 0.260 e. The van der Waals surface area contributed by atoms with E-state index in [2.05, 4.69) is 20.3 Å². The van der Waals surface area contributed by atoms with Gasteiger partial charge in [0, 0.05) is 10.9 Å². The van der Waals surface area contributed by atoms with Crippen LogP contribution in [0.5, 0.6) is 0 Å². The molecule has 2 heterocycles. The third-order valence-electron chi connectivity index (χ3n) is 3.62. The largest absolute Gasteiger partial charge is 0.350 e. The highest BCUT2D eigenvalue weighted by Crippen LogP contribution is 2.23. The standard InChI is InChI=1S/C18H14N4OS/c23-16-14-8-4-5-9-15(14)21-18(22-16)19-10-13-11-24-17(20-13)12-6-2-1-3-7-12/h1-9,11H,10H2,(H2,19,21,22,23). The monoisotopic (exact) mass is 334 g/mol. The van der Waals surface area contributed by atoms with Gasteiger partial charge in [-0.2, -0.15) is 0 Å². The van der Waals surface area contributed by atoms with Crippen molar-refractivity contribution in [2.75, 3.05) is 5.32 Å². The SMILES string of the molecule is O=c1[nH]c(NCc2csc(-c3ccccc3)n2)nc2ccccc12. The van der Waals surface area contributed by atoms with Crippen molar-refractivity contribution < 1.29 is 0 Å². The third kappa shape index (κ3) is 2.91. The maximum atomic E-state index is 12.1. The number of hydrogen-bond donors (Lipinski definition) is 2. The number of benzene rings is 2. The molecule has 0 radical (unpaired) electrons. The lowest BCUT2D eigenvalue weighted by atomic mass is 10.2. The first-order valence-electron chi connectivity index (χ1n) is 7.52. The van der Waals surface area contributed by atoms with Crippen LogP contribution >= 0.6 is 11.3 Å². The van der Waals surface area contributed by atoms with E-state index in [0.717, 1.165) is 16.3 Å². The van der Waals surface area contributed by atoms with Crippen LogP contribution < -0.4 is 10.9 Å². The Morgan fingerprint density at radius 1 is 1.00 bits per heavy atom. The molecule has 0 aliphatic rings. The van der Waals surface area contributed by atoms with Crippen LogP contribution in [0.25, 0.3) is 21.5 Å². The molecule has 0 amide bonds. The Bertz CT molecular complexity index is 1040. The summed E-state index contributed by atoms with van der Waals surface area (Å²) in [5.41, 5.74) is 2.54. The van der Waals surface area contributed by atoms with E-state index >= 15 is 0 Å². The number of nitrogens with zero attached hydrogens (tertiary/aromatic N) is 2. The molecule has 6 heteroatoms. The highest BCUT2D eigenvalue weighted by atomic mass is 32.1. The molecule has 0 bridgehead atoms. The van der Waals surface area contributed by atoms with E-state index < -0.39 is 0 Å². The van der Waals surface area contributed by atoms with E-state index in [1.165, 1.54) is 0 Å². The predicted molar refractivity (Wildman–Crippen MR) is 97.2 cm³/mol. The number of aromatic amines is 1. The molecule has 0 saturated heterocycles. The van der Waals surface area contributed by atoms with Gasteiger partial charge < -0.3 is 5.32 Å². The van der Waals surface area contributed by atoms with Crippen molar-refractivity contribution in [1.29, 1.82) is 0 Å². The van der Waals surface area contributed by atoms with Crippen molar-refractivity contribution >= 4 is 28.2 Å². The average molecular weight is 334 g/mol. The summed E-state index contributed by atoms with van der Waals surface area (Å²) in [5.74, 6) is 0.452. The molecule has 0 fully saturated rings. The molecule has 5 nitrogen and oxygen atoms in total. The van der Waals surface area contributed by atoms with Crippen LogP contribution in [0, 0.1) is 0 Å². The third-order valence-corrected chi connectivity index (χ3v) is 4.56. The first-order chi connectivity index (χ1) is 11.8. The highest BCUT2D eigenvalue weighted by Gasteiger charge is 2.06. The summed E-state index contributed by atoms with van der Waals surface area (Å²) in [6, 6.07) is 17.3. The number of aromatic nitrogens is 3. The van der Waals surface area contributed by atoms with Crippen LogP contribution in [-0.2, 0) is 6.54 Å². The van der Waals surface area contributed by atoms with Crippen molar-refractivity contribution in [1.82, 2.24) is 15.0 Å². The normalized spacial score (nSPS) is 10.8. The van der Waals surface area contributed by atoms with Gasteiger partial charge in [0.2, 0.25) is 5.95 Å². The molecule has 118 valence electrons. The molecule has 4 aromatic rings. The van der Waals surface area contributed by atoms with Crippen LogP contribution in [0.1, 0.15) is 5.69 Å². The lowest BCUT2D eigenvalue weighted by Gasteiger charge is -2.04. The van der Waals surface area contributed by atoms with Gasteiger partial charge in [-0.15, -0.1) is 11.3 Å². The molecule has 2 aromatic heterocycles. The first kappa shape index (κ1) is 14.6. The fourth-order valence-corrected chi connectivity index (χ4v) is 3.27. The minimum Gasteiger partial charge on any atom is -0.350 e. The fraction of sp³-hybridized carbons (Fsp3) is 0.0556. The van der Waals surface area contributed by atoms with Gasteiger partial charge in [-0.25, -0.2) is 9.97 Å². The lowest BCUT2D eigenvalue weighted by molar-refractivity contribution is 1.02. The van der Waals surface area contributed by atoms with E-state index in [9.17, 15) is 4.79 Å². The average Bonchev–Trinajstić information content (AvgIpc) is 3.10. The topological polar surface area (TPSA) is 70.7 Å². The van der Waals surface area contributed by atoms with Gasteiger partial charge >= 0.3 is 0 Å². The van der Waals surface area contributed by atoms with Crippen LogP contribution in [0.4, 0.5) is 5.95 Å². The van der Waals surface area contributed by atoms with Crippen LogP contribution in [-0.4, -0.2) is 15.0 Å². The Kier molecular flexibility index (Phi) is 3.80.